The van der Waals surface area contributed by atoms with Crippen molar-refractivity contribution in [2.75, 3.05) is 13.1 Å². The molecule has 1 aromatic rings. The van der Waals surface area contributed by atoms with E-state index in [0.29, 0.717) is 13.0 Å². The maximum Gasteiger partial charge on any atom is 0.269 e. The van der Waals surface area contributed by atoms with Crippen molar-refractivity contribution in [3.63, 3.8) is 0 Å². The van der Waals surface area contributed by atoms with Gasteiger partial charge in [-0.2, -0.15) is 4.31 Å². The highest BCUT2D eigenvalue weighted by Gasteiger charge is 2.32. The predicted octanol–water partition coefficient (Wildman–Crippen LogP) is 0.804. The molecule has 0 saturated carbocycles. The fourth-order valence-corrected chi connectivity index (χ4v) is 3.48. The number of hydrogen-bond donors (Lipinski definition) is 0. The summed E-state index contributed by atoms with van der Waals surface area (Å²) in [6.07, 6.45) is 1.26. The summed E-state index contributed by atoms with van der Waals surface area (Å²) >= 11 is 0. The molecule has 1 atom stereocenters. The number of carbonyl (C=O) groups is 1. The summed E-state index contributed by atoms with van der Waals surface area (Å²) in [4.78, 5) is 20.6. The molecule has 1 fully saturated rings. The van der Waals surface area contributed by atoms with Gasteiger partial charge in [0.05, 0.1) is 9.82 Å². The van der Waals surface area contributed by atoms with Crippen molar-refractivity contribution in [3.05, 3.63) is 34.4 Å². The third-order valence-corrected chi connectivity index (χ3v) is 4.94. The maximum absolute atomic E-state index is 12.2. The molecule has 1 heterocycles. The standard InChI is InChI=1S/C11H12N2O5S/c14-8-9-5-6-12(7-9)19(17,18)11-3-1-10(2-4-11)13(15)16/h1-4,8-9H,5-7H2. The largest absolute Gasteiger partial charge is 0.303 e. The second-order valence-corrected chi connectivity index (χ2v) is 6.24. The average molecular weight is 284 g/mol. The number of nitro benzene ring substituents is 1. The van der Waals surface area contributed by atoms with Crippen molar-refractivity contribution in [2.45, 2.75) is 11.3 Å². The normalized spacial score (nSPS) is 20.3. The van der Waals surface area contributed by atoms with Gasteiger partial charge in [0.25, 0.3) is 5.69 Å². The molecule has 1 saturated heterocycles. The SMILES string of the molecule is O=CC1CCN(S(=O)(=O)c2ccc([N+](=O)[O-])cc2)C1. The first-order valence-corrected chi connectivity index (χ1v) is 7.09. The van der Waals surface area contributed by atoms with Crippen molar-refractivity contribution in [3.8, 4) is 0 Å². The van der Waals surface area contributed by atoms with E-state index in [1.165, 1.54) is 16.4 Å². The van der Waals surface area contributed by atoms with Gasteiger partial charge in [-0.05, 0) is 18.6 Å². The molecule has 1 aromatic carbocycles. The Bertz CT molecular complexity index is 596. The Hall–Kier alpha value is -1.80. The lowest BCUT2D eigenvalue weighted by Crippen LogP contribution is -2.29. The van der Waals surface area contributed by atoms with Gasteiger partial charge in [0.1, 0.15) is 6.29 Å². The zero-order chi connectivity index (χ0) is 14.0. The average Bonchev–Trinajstić information content (AvgIpc) is 2.88. The summed E-state index contributed by atoms with van der Waals surface area (Å²) in [5.74, 6) is -0.271. The first-order chi connectivity index (χ1) is 8.95. The quantitative estimate of drug-likeness (QED) is 0.463. The molecular weight excluding hydrogens is 272 g/mol. The third kappa shape index (κ3) is 2.64. The monoisotopic (exact) mass is 284 g/mol. The first-order valence-electron chi connectivity index (χ1n) is 5.65. The highest BCUT2D eigenvalue weighted by Crippen LogP contribution is 2.24. The predicted molar refractivity (Wildman–Crippen MR) is 66.0 cm³/mol. The van der Waals surface area contributed by atoms with Gasteiger partial charge in [-0.25, -0.2) is 8.42 Å². The minimum atomic E-state index is -3.67. The molecule has 0 spiro atoms. The van der Waals surface area contributed by atoms with Gasteiger partial charge in [-0.15, -0.1) is 0 Å². The molecular formula is C11H12N2O5S. The van der Waals surface area contributed by atoms with Crippen molar-refractivity contribution >= 4 is 22.0 Å². The van der Waals surface area contributed by atoms with Crippen LogP contribution in [0.2, 0.25) is 0 Å². The fourth-order valence-electron chi connectivity index (χ4n) is 1.97. The van der Waals surface area contributed by atoms with Crippen LogP contribution in [0.25, 0.3) is 0 Å². The molecule has 0 radical (unpaired) electrons. The number of nitro groups is 1. The van der Waals surface area contributed by atoms with Gasteiger partial charge < -0.3 is 4.79 Å². The smallest absolute Gasteiger partial charge is 0.269 e. The number of benzene rings is 1. The molecule has 0 amide bonds. The van der Waals surface area contributed by atoms with Crippen molar-refractivity contribution in [2.24, 2.45) is 5.92 Å². The van der Waals surface area contributed by atoms with E-state index in [-0.39, 0.29) is 23.0 Å². The molecule has 1 unspecified atom stereocenters. The second kappa shape index (κ2) is 5.06. The molecule has 7 nitrogen and oxygen atoms in total. The third-order valence-electron chi connectivity index (χ3n) is 3.07. The summed E-state index contributed by atoms with van der Waals surface area (Å²) in [5, 5.41) is 10.5. The van der Waals surface area contributed by atoms with Gasteiger partial charge >= 0.3 is 0 Å². The van der Waals surface area contributed by atoms with Crippen LogP contribution in [0.5, 0.6) is 0 Å². The van der Waals surface area contributed by atoms with E-state index in [2.05, 4.69) is 0 Å². The summed E-state index contributed by atoms with van der Waals surface area (Å²) in [6, 6.07) is 4.73. The molecule has 8 heteroatoms. The molecule has 0 N–H and O–H groups in total. The highest BCUT2D eigenvalue weighted by molar-refractivity contribution is 7.89. The van der Waals surface area contributed by atoms with E-state index < -0.39 is 14.9 Å². The van der Waals surface area contributed by atoms with E-state index in [1.54, 1.807) is 0 Å². The van der Waals surface area contributed by atoms with E-state index in [9.17, 15) is 23.3 Å². The summed E-state index contributed by atoms with van der Waals surface area (Å²) in [5.41, 5.74) is -0.161. The second-order valence-electron chi connectivity index (χ2n) is 4.30. The Morgan fingerprint density at radius 2 is 1.95 bits per heavy atom. The van der Waals surface area contributed by atoms with Crippen LogP contribution in [0.15, 0.2) is 29.2 Å². The molecule has 0 bridgehead atoms. The number of aldehydes is 1. The van der Waals surface area contributed by atoms with Crippen molar-refractivity contribution in [1.29, 1.82) is 0 Å². The summed E-state index contributed by atoms with van der Waals surface area (Å²) in [7, 11) is -3.67. The Balaban J connectivity index is 2.25. The molecule has 19 heavy (non-hydrogen) atoms. The topological polar surface area (TPSA) is 97.6 Å². The van der Waals surface area contributed by atoms with Crippen LogP contribution >= 0.6 is 0 Å². The van der Waals surface area contributed by atoms with Gasteiger partial charge in [0.2, 0.25) is 10.0 Å². The number of nitrogens with zero attached hydrogens (tertiary/aromatic N) is 2. The van der Waals surface area contributed by atoms with Crippen LogP contribution in [0.3, 0.4) is 0 Å². The Labute approximate surface area is 110 Å². The van der Waals surface area contributed by atoms with Gasteiger partial charge in [-0.1, -0.05) is 0 Å². The number of carbonyl (C=O) groups excluding carboxylic acids is 1. The van der Waals surface area contributed by atoms with Crippen LogP contribution < -0.4 is 0 Å². The number of non-ortho nitro benzene ring substituents is 1. The minimum Gasteiger partial charge on any atom is -0.303 e. The lowest BCUT2D eigenvalue weighted by Gasteiger charge is -2.15. The Kier molecular flexibility index (Phi) is 3.63. The molecule has 0 aliphatic carbocycles. The Morgan fingerprint density at radius 1 is 1.32 bits per heavy atom. The molecule has 2 rings (SSSR count). The molecule has 1 aliphatic heterocycles. The van der Waals surface area contributed by atoms with Crippen molar-refractivity contribution in [1.82, 2.24) is 4.31 Å². The van der Waals surface area contributed by atoms with Gasteiger partial charge in [0.15, 0.2) is 0 Å². The van der Waals surface area contributed by atoms with Crippen LogP contribution in [0.1, 0.15) is 6.42 Å². The number of sulfonamides is 1. The van der Waals surface area contributed by atoms with E-state index in [1.807, 2.05) is 0 Å². The lowest BCUT2D eigenvalue weighted by atomic mass is 10.2. The van der Waals surface area contributed by atoms with Gasteiger partial charge in [-0.3, -0.25) is 10.1 Å². The van der Waals surface area contributed by atoms with E-state index >= 15 is 0 Å². The maximum atomic E-state index is 12.2. The number of rotatable bonds is 4. The molecule has 102 valence electrons. The highest BCUT2D eigenvalue weighted by atomic mass is 32.2. The molecule has 1 aliphatic rings. The first kappa shape index (κ1) is 13.6. The number of hydrogen-bond acceptors (Lipinski definition) is 5. The van der Waals surface area contributed by atoms with Crippen LogP contribution in [0.4, 0.5) is 5.69 Å². The van der Waals surface area contributed by atoms with Crippen molar-refractivity contribution < 1.29 is 18.1 Å². The van der Waals surface area contributed by atoms with Crippen LogP contribution in [0, 0.1) is 16.0 Å². The lowest BCUT2D eigenvalue weighted by molar-refractivity contribution is -0.384. The molecule has 0 aromatic heterocycles. The summed E-state index contributed by atoms with van der Waals surface area (Å²) < 4.78 is 25.7. The van der Waals surface area contributed by atoms with Gasteiger partial charge in [0, 0.05) is 31.1 Å². The minimum absolute atomic E-state index is 0.00430. The van der Waals surface area contributed by atoms with E-state index in [0.717, 1.165) is 18.4 Å². The van der Waals surface area contributed by atoms with E-state index in [4.69, 9.17) is 0 Å². The Morgan fingerprint density at radius 3 is 2.42 bits per heavy atom. The summed E-state index contributed by atoms with van der Waals surface area (Å²) in [6.45, 7) is 0.464. The van der Waals surface area contributed by atoms with Crippen LogP contribution in [-0.4, -0.2) is 37.0 Å². The fraction of sp³-hybridized carbons (Fsp3) is 0.364. The zero-order valence-corrected chi connectivity index (χ0v) is 10.7. The zero-order valence-electron chi connectivity index (χ0n) is 9.93. The van der Waals surface area contributed by atoms with Crippen LogP contribution in [-0.2, 0) is 14.8 Å².